The van der Waals surface area contributed by atoms with Gasteiger partial charge in [-0.3, -0.25) is 9.59 Å². The van der Waals surface area contributed by atoms with E-state index >= 15 is 0 Å². The van der Waals surface area contributed by atoms with Gasteiger partial charge in [0.2, 0.25) is 0 Å². The van der Waals surface area contributed by atoms with Crippen molar-refractivity contribution < 1.29 is 47.8 Å². The van der Waals surface area contributed by atoms with Gasteiger partial charge in [-0.2, -0.15) is 0 Å². The van der Waals surface area contributed by atoms with Gasteiger partial charge >= 0.3 is 5.97 Å². The number of halogens is 1. The summed E-state index contributed by atoms with van der Waals surface area (Å²) in [7, 11) is 6.49. The minimum Gasteiger partial charge on any atom is -0.465 e. The Bertz CT molecular complexity index is 544. The standard InChI is InChI=1S/C18H34N3O3.ClHO4/c1-9-11-15(22)16(18(23)24-10-2)17(21(7)8)14(12-19(3)4)13-20(5)6;2-1(3,4)5/h12-13,16-17H,9-11H2,1-8H3;(H,2,3,4,5)/q+1;/p-1. The van der Waals surface area contributed by atoms with Crippen molar-refractivity contribution in [2.24, 2.45) is 5.92 Å². The number of esters is 1. The smallest absolute Gasteiger partial charge is 0.318 e. The first-order chi connectivity index (χ1) is 13.1. The largest absolute Gasteiger partial charge is 0.465 e. The van der Waals surface area contributed by atoms with Crippen molar-refractivity contribution in [1.29, 1.82) is 0 Å². The molecule has 0 heterocycles. The van der Waals surface area contributed by atoms with Crippen molar-refractivity contribution >= 4 is 18.0 Å². The van der Waals surface area contributed by atoms with E-state index in [0.717, 1.165) is 5.57 Å². The molecule has 0 bridgehead atoms. The van der Waals surface area contributed by atoms with E-state index in [-0.39, 0.29) is 18.4 Å². The molecule has 11 heteroatoms. The number of Topliss-reactive ketones (excluding diaryl/α,β-unsaturated/α-hetero) is 1. The Balaban J connectivity index is 0. The molecule has 0 aliphatic carbocycles. The maximum Gasteiger partial charge on any atom is 0.318 e. The van der Waals surface area contributed by atoms with Crippen molar-refractivity contribution in [3.63, 3.8) is 0 Å². The van der Waals surface area contributed by atoms with Gasteiger partial charge in [0.1, 0.15) is 25.8 Å². The van der Waals surface area contributed by atoms with Gasteiger partial charge in [0.25, 0.3) is 0 Å². The van der Waals surface area contributed by atoms with Gasteiger partial charge in [-0.05, 0) is 27.4 Å². The van der Waals surface area contributed by atoms with Crippen LogP contribution in [0.15, 0.2) is 11.8 Å². The van der Waals surface area contributed by atoms with Gasteiger partial charge in [0, 0.05) is 32.3 Å². The second kappa shape index (κ2) is 14.4. The molecule has 0 saturated heterocycles. The van der Waals surface area contributed by atoms with E-state index in [4.69, 9.17) is 23.4 Å². The van der Waals surface area contributed by atoms with Crippen LogP contribution in [-0.2, 0) is 14.3 Å². The maximum atomic E-state index is 12.7. The Hall–Kier alpha value is -1.56. The van der Waals surface area contributed by atoms with Crippen molar-refractivity contribution in [3.05, 3.63) is 11.8 Å². The molecule has 0 fully saturated rings. The Morgan fingerprint density at radius 1 is 1.07 bits per heavy atom. The highest BCUT2D eigenvalue weighted by atomic mass is 35.7. The number of hydrogen-bond donors (Lipinski definition) is 0. The highest BCUT2D eigenvalue weighted by molar-refractivity contribution is 6.01. The first-order valence-electron chi connectivity index (χ1n) is 9.02. The quantitative estimate of drug-likeness (QED) is 0.146. The molecule has 0 rings (SSSR count). The summed E-state index contributed by atoms with van der Waals surface area (Å²) in [4.78, 5) is 29.1. The molecule has 0 aliphatic heterocycles. The lowest BCUT2D eigenvalue weighted by Gasteiger charge is -2.30. The SMILES string of the molecule is CCCC(=O)C(C(=O)OCC)C(/C(C=[N+](C)C)=C/N(C)C)N(C)C.[O-][Cl+3]([O-])([O-])[O-]. The third-order valence-corrected chi connectivity index (χ3v) is 3.41. The number of ketones is 1. The van der Waals surface area contributed by atoms with E-state index in [1.54, 1.807) is 6.92 Å². The molecule has 170 valence electrons. The van der Waals surface area contributed by atoms with Crippen LogP contribution in [0.3, 0.4) is 0 Å². The van der Waals surface area contributed by atoms with Gasteiger partial charge < -0.3 is 14.5 Å². The van der Waals surface area contributed by atoms with Crippen molar-refractivity contribution in [2.75, 3.05) is 48.9 Å². The predicted molar refractivity (Wildman–Crippen MR) is 97.5 cm³/mol. The predicted octanol–water partition coefficient (Wildman–Crippen LogP) is -3.50. The molecule has 0 amide bonds. The monoisotopic (exact) mass is 439 g/mol. The van der Waals surface area contributed by atoms with Crippen LogP contribution in [0.25, 0.3) is 0 Å². The van der Waals surface area contributed by atoms with E-state index in [1.807, 2.05) is 76.0 Å². The average Bonchev–Trinajstić information content (AvgIpc) is 2.49. The molecule has 0 spiro atoms. The molecule has 0 aromatic rings. The van der Waals surface area contributed by atoms with Crippen molar-refractivity contribution in [2.45, 2.75) is 32.7 Å². The number of carbonyl (C=O) groups is 2. The fraction of sp³-hybridized carbons (Fsp3) is 0.722. The lowest BCUT2D eigenvalue weighted by atomic mass is 9.87. The Labute approximate surface area is 175 Å². The zero-order chi connectivity index (χ0) is 23.4. The summed E-state index contributed by atoms with van der Waals surface area (Å²) in [6, 6.07) is -0.382. The van der Waals surface area contributed by atoms with Gasteiger partial charge in [0.15, 0.2) is 6.21 Å². The van der Waals surface area contributed by atoms with Gasteiger partial charge in [-0.15, -0.1) is 10.2 Å². The minimum atomic E-state index is -4.94. The van der Waals surface area contributed by atoms with Crippen molar-refractivity contribution in [1.82, 2.24) is 9.80 Å². The molecule has 0 aromatic carbocycles. The Kier molecular flexibility index (Phi) is 14.7. The number of rotatable bonds is 10. The highest BCUT2D eigenvalue weighted by Gasteiger charge is 2.39. The average molecular weight is 440 g/mol. The molecule has 0 aromatic heterocycles. The van der Waals surface area contributed by atoms with E-state index in [0.29, 0.717) is 12.8 Å². The normalized spacial score (nSPS) is 13.8. The topological polar surface area (TPSA) is 145 Å². The first-order valence-corrected chi connectivity index (χ1v) is 10.3. The second-order valence-electron chi connectivity index (χ2n) is 6.92. The summed E-state index contributed by atoms with van der Waals surface area (Å²) >= 11 is 0. The van der Waals surface area contributed by atoms with Crippen LogP contribution in [0.2, 0.25) is 0 Å². The van der Waals surface area contributed by atoms with Crippen LogP contribution in [-0.4, -0.2) is 87.3 Å². The summed E-state index contributed by atoms with van der Waals surface area (Å²) in [5, 5.41) is 0. The van der Waals surface area contributed by atoms with Crippen LogP contribution in [0.4, 0.5) is 0 Å². The molecular weight excluding hydrogens is 406 g/mol. The number of ether oxygens (including phenoxy) is 1. The Morgan fingerprint density at radius 2 is 1.55 bits per heavy atom. The van der Waals surface area contributed by atoms with E-state index in [2.05, 4.69) is 0 Å². The summed E-state index contributed by atoms with van der Waals surface area (Å²) in [5.74, 6) is -1.36. The van der Waals surface area contributed by atoms with Gasteiger partial charge in [-0.1, -0.05) is 6.92 Å². The zero-order valence-electron chi connectivity index (χ0n) is 18.5. The zero-order valence-corrected chi connectivity index (χ0v) is 19.3. The van der Waals surface area contributed by atoms with E-state index in [9.17, 15) is 9.59 Å². The molecular formula is C18H34ClN3O7. The molecule has 0 N–H and O–H groups in total. The first kappa shape index (κ1) is 29.6. The fourth-order valence-corrected chi connectivity index (χ4v) is 2.64. The number of likely N-dealkylation sites (N-methyl/N-ethyl adjacent to an activating group) is 1. The van der Waals surface area contributed by atoms with Crippen LogP contribution in [0.5, 0.6) is 0 Å². The van der Waals surface area contributed by atoms with Crippen LogP contribution in [0, 0.1) is 16.2 Å². The van der Waals surface area contributed by atoms with Crippen LogP contribution >= 0.6 is 0 Å². The molecule has 29 heavy (non-hydrogen) atoms. The summed E-state index contributed by atoms with van der Waals surface area (Å²) in [6.45, 7) is 3.96. The van der Waals surface area contributed by atoms with E-state index in [1.165, 1.54) is 0 Å². The second-order valence-corrected chi connectivity index (χ2v) is 7.67. The number of carbonyl (C=O) groups excluding carboxylic acids is 2. The molecule has 0 saturated carbocycles. The molecule has 10 nitrogen and oxygen atoms in total. The summed E-state index contributed by atoms with van der Waals surface area (Å²) < 4.78 is 41.1. The minimum absolute atomic E-state index is 0.0773. The van der Waals surface area contributed by atoms with Crippen LogP contribution in [0.1, 0.15) is 26.7 Å². The highest BCUT2D eigenvalue weighted by Crippen LogP contribution is 2.22. The van der Waals surface area contributed by atoms with Crippen molar-refractivity contribution in [3.8, 4) is 0 Å². The number of nitrogens with zero attached hydrogens (tertiary/aromatic N) is 3. The maximum absolute atomic E-state index is 12.7. The molecule has 2 atom stereocenters. The Morgan fingerprint density at radius 3 is 1.86 bits per heavy atom. The molecule has 0 aliphatic rings. The summed E-state index contributed by atoms with van der Waals surface area (Å²) in [6.07, 6.45) is 4.95. The molecule has 0 radical (unpaired) electrons. The van der Waals surface area contributed by atoms with E-state index < -0.39 is 22.1 Å². The van der Waals surface area contributed by atoms with Gasteiger partial charge in [-0.25, -0.2) is 23.2 Å². The van der Waals surface area contributed by atoms with Crippen LogP contribution < -0.4 is 18.6 Å². The third kappa shape index (κ3) is 15.0. The molecule has 2 unspecified atom stereocenters. The lowest BCUT2D eigenvalue weighted by Crippen LogP contribution is -2.68. The van der Waals surface area contributed by atoms with Gasteiger partial charge in [0.05, 0.1) is 12.6 Å². The number of hydrogen-bond acceptors (Lipinski definition) is 9. The summed E-state index contributed by atoms with van der Waals surface area (Å²) in [5.41, 5.74) is 0.887. The fourth-order valence-electron chi connectivity index (χ4n) is 2.64. The third-order valence-electron chi connectivity index (χ3n) is 3.41. The lowest BCUT2D eigenvalue weighted by molar-refractivity contribution is -2.00.